The molecule has 0 saturated carbocycles. The number of rotatable bonds is 21. The molecule has 0 heterocycles. The largest absolute Gasteiger partial charge is 0.469 e. The Morgan fingerprint density at radius 1 is 0.574 bits per heavy atom. The molecule has 0 aromatic heterocycles. The first-order valence-electron chi connectivity index (χ1n) is 16.7. The van der Waals surface area contributed by atoms with Gasteiger partial charge in [0.25, 0.3) is 0 Å². The van der Waals surface area contributed by atoms with Crippen molar-refractivity contribution in [3.05, 3.63) is 0 Å². The summed E-state index contributed by atoms with van der Waals surface area (Å²) in [5, 5.41) is 35.0. The van der Waals surface area contributed by atoms with E-state index in [0.29, 0.717) is 12.8 Å². The predicted molar refractivity (Wildman–Crippen MR) is 177 cm³/mol. The Balaban J connectivity index is 5.58. The molecule has 7 N–H and O–H groups in total. The number of carbonyl (C=O) groups is 6. The summed E-state index contributed by atoms with van der Waals surface area (Å²) in [6.45, 7) is 17.8. The molecule has 47 heavy (non-hydrogen) atoms. The number of aliphatic hydroxyl groups is 2. The standard InChI is InChI=1S/C33H61N5O9/c1-12-26(41)37-29(19(6)7)33(46)38-30(20(8)9)32(45)36-22(13-17(2)3)24(39)15-27(42)34-21(10)31(44)35-23(14-18(4)5)25(40)16-28(43)47-11/h17-25,29-30,39-40H,12-16H2,1-11H3,(H,34,42)(H,35,44)(H,36,45)(H,37,41)(H,38,46)/t21-,22-,23-,24-,25-,29?,30-/m0/s1. The third-order valence-corrected chi connectivity index (χ3v) is 7.64. The van der Waals surface area contributed by atoms with Gasteiger partial charge in [-0.3, -0.25) is 28.8 Å². The smallest absolute Gasteiger partial charge is 0.308 e. The van der Waals surface area contributed by atoms with Gasteiger partial charge in [0.05, 0.1) is 44.2 Å². The highest BCUT2D eigenvalue weighted by Gasteiger charge is 2.33. The lowest BCUT2D eigenvalue weighted by Crippen LogP contribution is -2.59. The number of carbonyl (C=O) groups excluding carboxylic acids is 6. The Bertz CT molecular complexity index is 1030. The van der Waals surface area contributed by atoms with E-state index in [4.69, 9.17) is 0 Å². The Morgan fingerprint density at radius 2 is 1.00 bits per heavy atom. The zero-order chi connectivity index (χ0) is 36.6. The molecule has 5 amide bonds. The third-order valence-electron chi connectivity index (χ3n) is 7.64. The van der Waals surface area contributed by atoms with Crippen LogP contribution in [0.5, 0.6) is 0 Å². The fourth-order valence-electron chi connectivity index (χ4n) is 4.90. The SMILES string of the molecule is CCC(=O)NC(C(=O)N[C@H](C(=O)N[C@@H](CC(C)C)[C@@H](O)CC(=O)N[C@@H](C)C(=O)N[C@@H](CC(C)C)[C@@H](O)CC(=O)OC)C(C)C)C(C)C. The molecule has 0 radical (unpaired) electrons. The predicted octanol–water partition coefficient (Wildman–Crippen LogP) is 0.920. The molecule has 0 aromatic rings. The van der Waals surface area contributed by atoms with Crippen LogP contribution in [-0.2, 0) is 33.5 Å². The number of amides is 5. The van der Waals surface area contributed by atoms with E-state index in [1.54, 1.807) is 34.6 Å². The van der Waals surface area contributed by atoms with Gasteiger partial charge in [-0.1, -0.05) is 62.3 Å². The minimum Gasteiger partial charge on any atom is -0.469 e. The molecule has 14 nitrogen and oxygen atoms in total. The summed E-state index contributed by atoms with van der Waals surface area (Å²) in [5.74, 6) is -3.64. The first-order chi connectivity index (χ1) is 21.7. The monoisotopic (exact) mass is 671 g/mol. The van der Waals surface area contributed by atoms with Crippen LogP contribution in [0.3, 0.4) is 0 Å². The molecule has 0 fully saturated rings. The van der Waals surface area contributed by atoms with E-state index in [9.17, 15) is 39.0 Å². The van der Waals surface area contributed by atoms with E-state index < -0.39 is 78.4 Å². The summed E-state index contributed by atoms with van der Waals surface area (Å²) in [7, 11) is 1.20. The van der Waals surface area contributed by atoms with Crippen molar-refractivity contribution in [2.75, 3.05) is 7.11 Å². The average molecular weight is 672 g/mol. The van der Waals surface area contributed by atoms with E-state index in [1.165, 1.54) is 14.0 Å². The first-order valence-corrected chi connectivity index (χ1v) is 16.7. The molecular weight excluding hydrogens is 610 g/mol. The van der Waals surface area contributed by atoms with Crippen LogP contribution >= 0.6 is 0 Å². The number of hydrogen-bond donors (Lipinski definition) is 7. The maximum atomic E-state index is 13.4. The average Bonchev–Trinajstić information content (AvgIpc) is 2.96. The Labute approximate surface area is 280 Å². The van der Waals surface area contributed by atoms with E-state index >= 15 is 0 Å². The molecule has 0 spiro atoms. The Kier molecular flexibility index (Phi) is 20.1. The molecule has 0 rings (SSSR count). The maximum absolute atomic E-state index is 13.4. The number of ether oxygens (including phenoxy) is 1. The Hall–Kier alpha value is -3.26. The minimum absolute atomic E-state index is 0.0266. The lowest BCUT2D eigenvalue weighted by atomic mass is 9.95. The highest BCUT2D eigenvalue weighted by molar-refractivity contribution is 5.92. The van der Waals surface area contributed by atoms with Crippen LogP contribution in [0.2, 0.25) is 0 Å². The fourth-order valence-corrected chi connectivity index (χ4v) is 4.90. The second-order valence-corrected chi connectivity index (χ2v) is 13.8. The fraction of sp³-hybridized carbons (Fsp3) is 0.818. The van der Waals surface area contributed by atoms with Gasteiger partial charge in [-0.2, -0.15) is 0 Å². The Morgan fingerprint density at radius 3 is 1.43 bits per heavy atom. The van der Waals surface area contributed by atoms with Crippen molar-refractivity contribution < 1.29 is 43.7 Å². The van der Waals surface area contributed by atoms with Crippen molar-refractivity contribution in [2.24, 2.45) is 23.7 Å². The van der Waals surface area contributed by atoms with Crippen molar-refractivity contribution in [3.8, 4) is 0 Å². The van der Waals surface area contributed by atoms with Crippen LogP contribution in [0.4, 0.5) is 0 Å². The summed E-state index contributed by atoms with van der Waals surface area (Å²) in [6, 6.07) is -4.45. The maximum Gasteiger partial charge on any atom is 0.308 e. The summed E-state index contributed by atoms with van der Waals surface area (Å²) >= 11 is 0. The van der Waals surface area contributed by atoms with Gasteiger partial charge < -0.3 is 41.5 Å². The van der Waals surface area contributed by atoms with Gasteiger partial charge in [-0.25, -0.2) is 0 Å². The molecule has 0 aliphatic rings. The van der Waals surface area contributed by atoms with Crippen LogP contribution in [0.15, 0.2) is 0 Å². The number of methoxy groups -OCH3 is 1. The second-order valence-electron chi connectivity index (χ2n) is 13.8. The van der Waals surface area contributed by atoms with Gasteiger partial charge in [0, 0.05) is 6.42 Å². The lowest BCUT2D eigenvalue weighted by molar-refractivity contribution is -0.144. The van der Waals surface area contributed by atoms with Crippen LogP contribution in [0, 0.1) is 23.7 Å². The summed E-state index contributed by atoms with van der Waals surface area (Å²) in [4.78, 5) is 76.0. The molecule has 0 aromatic carbocycles. The van der Waals surface area contributed by atoms with Gasteiger partial charge in [0.2, 0.25) is 29.5 Å². The van der Waals surface area contributed by atoms with Gasteiger partial charge in [0.15, 0.2) is 0 Å². The summed E-state index contributed by atoms with van der Waals surface area (Å²) < 4.78 is 4.61. The van der Waals surface area contributed by atoms with Crippen molar-refractivity contribution in [2.45, 2.75) is 144 Å². The number of nitrogens with one attached hydrogen (secondary N) is 5. The van der Waals surface area contributed by atoms with Crippen molar-refractivity contribution in [1.82, 2.24) is 26.6 Å². The van der Waals surface area contributed by atoms with E-state index in [2.05, 4.69) is 31.3 Å². The van der Waals surface area contributed by atoms with E-state index in [1.807, 2.05) is 27.7 Å². The molecule has 0 saturated heterocycles. The first kappa shape index (κ1) is 43.7. The van der Waals surface area contributed by atoms with Gasteiger partial charge in [-0.15, -0.1) is 0 Å². The molecule has 0 aliphatic carbocycles. The molecule has 14 heteroatoms. The topological polar surface area (TPSA) is 212 Å². The molecule has 1 unspecified atom stereocenters. The lowest BCUT2D eigenvalue weighted by Gasteiger charge is -2.31. The number of aliphatic hydroxyl groups excluding tert-OH is 2. The molecule has 0 aliphatic heterocycles. The molecule has 0 bridgehead atoms. The highest BCUT2D eigenvalue weighted by Crippen LogP contribution is 2.15. The van der Waals surface area contributed by atoms with E-state index in [-0.39, 0.29) is 42.4 Å². The summed E-state index contributed by atoms with van der Waals surface area (Å²) in [5.41, 5.74) is 0. The number of hydrogen-bond acceptors (Lipinski definition) is 9. The van der Waals surface area contributed by atoms with E-state index in [0.717, 1.165) is 0 Å². The van der Waals surface area contributed by atoms with Gasteiger partial charge in [0.1, 0.15) is 18.1 Å². The number of esters is 1. The zero-order valence-corrected chi connectivity index (χ0v) is 30.1. The molecular formula is C33H61N5O9. The quantitative estimate of drug-likeness (QED) is 0.0864. The zero-order valence-electron chi connectivity index (χ0n) is 30.1. The van der Waals surface area contributed by atoms with Crippen molar-refractivity contribution in [3.63, 3.8) is 0 Å². The van der Waals surface area contributed by atoms with Crippen LogP contribution in [0.1, 0.15) is 101 Å². The molecule has 272 valence electrons. The van der Waals surface area contributed by atoms with Gasteiger partial charge >= 0.3 is 5.97 Å². The van der Waals surface area contributed by atoms with Crippen LogP contribution in [0.25, 0.3) is 0 Å². The third kappa shape index (κ3) is 16.9. The highest BCUT2D eigenvalue weighted by atomic mass is 16.5. The van der Waals surface area contributed by atoms with Crippen molar-refractivity contribution >= 4 is 35.5 Å². The second kappa shape index (κ2) is 21.6. The summed E-state index contributed by atoms with van der Waals surface area (Å²) in [6.07, 6.45) is -2.33. The molecule has 7 atom stereocenters. The van der Waals surface area contributed by atoms with Crippen LogP contribution in [-0.4, -0.2) is 95.2 Å². The normalized spacial score (nSPS) is 16.0. The van der Waals surface area contributed by atoms with Crippen LogP contribution < -0.4 is 26.6 Å². The van der Waals surface area contributed by atoms with Crippen molar-refractivity contribution in [1.29, 1.82) is 0 Å². The van der Waals surface area contributed by atoms with Gasteiger partial charge in [-0.05, 0) is 43.4 Å². The minimum atomic E-state index is -1.32.